The van der Waals surface area contributed by atoms with E-state index in [4.69, 9.17) is 9.47 Å². The average Bonchev–Trinajstić information content (AvgIpc) is 3.01. The Balaban J connectivity index is 2.12. The lowest BCUT2D eigenvalue weighted by Gasteiger charge is -2.25. The highest BCUT2D eigenvalue weighted by Gasteiger charge is 2.46. The number of aliphatic hydroxyl groups is 1. The van der Waals surface area contributed by atoms with E-state index in [9.17, 15) is 14.7 Å². The van der Waals surface area contributed by atoms with E-state index in [1.165, 1.54) is 12.0 Å². The summed E-state index contributed by atoms with van der Waals surface area (Å²) >= 11 is 0. The van der Waals surface area contributed by atoms with E-state index in [0.717, 1.165) is 12.0 Å². The number of ketones is 1. The Morgan fingerprint density at radius 1 is 1.13 bits per heavy atom. The van der Waals surface area contributed by atoms with E-state index in [2.05, 4.69) is 0 Å². The summed E-state index contributed by atoms with van der Waals surface area (Å²) in [4.78, 5) is 27.3. The van der Waals surface area contributed by atoms with Gasteiger partial charge in [-0.1, -0.05) is 43.3 Å². The highest BCUT2D eigenvalue weighted by Crippen LogP contribution is 2.40. The highest BCUT2D eigenvalue weighted by atomic mass is 16.5. The lowest BCUT2D eigenvalue weighted by Crippen LogP contribution is -2.32. The molecule has 2 aromatic carbocycles. The Labute approximate surface area is 183 Å². The van der Waals surface area contributed by atoms with Gasteiger partial charge in [-0.2, -0.15) is 0 Å². The molecule has 1 heterocycles. The maximum Gasteiger partial charge on any atom is 0.295 e. The van der Waals surface area contributed by atoms with Crippen molar-refractivity contribution in [2.75, 3.05) is 20.3 Å². The van der Waals surface area contributed by atoms with Crippen LogP contribution in [0.1, 0.15) is 43.5 Å². The summed E-state index contributed by atoms with van der Waals surface area (Å²) in [6.07, 6.45) is 0.845. The molecule has 1 unspecified atom stereocenters. The first-order valence-electron chi connectivity index (χ1n) is 10.5. The smallest absolute Gasteiger partial charge is 0.295 e. The third-order valence-corrected chi connectivity index (χ3v) is 5.26. The zero-order valence-corrected chi connectivity index (χ0v) is 18.4. The van der Waals surface area contributed by atoms with Gasteiger partial charge in [-0.25, -0.2) is 0 Å². The standard InChI is InChI=1S/C25H29NO5/c1-5-17-9-11-18(12-10-17)23(27)21-22(26(13-14-30-4)25(29)24(21)28)19-7-6-8-20(15-19)31-16(2)3/h6-12,15-16,22,27H,5,13-14H2,1-4H3/b23-21-. The number of carbonyl (C=O) groups is 2. The molecule has 0 aliphatic carbocycles. The topological polar surface area (TPSA) is 76.1 Å². The molecule has 0 bridgehead atoms. The zero-order chi connectivity index (χ0) is 22.5. The molecule has 1 fully saturated rings. The van der Waals surface area contributed by atoms with Gasteiger partial charge in [0.05, 0.1) is 24.3 Å². The first kappa shape index (κ1) is 22.6. The predicted octanol–water partition coefficient (Wildman–Crippen LogP) is 4.10. The number of benzene rings is 2. The van der Waals surface area contributed by atoms with Crippen LogP contribution >= 0.6 is 0 Å². The molecule has 1 N–H and O–H groups in total. The number of likely N-dealkylation sites (tertiary alicyclic amines) is 1. The summed E-state index contributed by atoms with van der Waals surface area (Å²) in [6, 6.07) is 13.9. The normalized spacial score (nSPS) is 18.1. The van der Waals surface area contributed by atoms with E-state index in [-0.39, 0.29) is 30.6 Å². The van der Waals surface area contributed by atoms with Crippen LogP contribution in [-0.4, -0.2) is 48.1 Å². The number of Topliss-reactive ketones (excluding diaryl/α,β-unsaturated/α-hetero) is 1. The molecule has 1 saturated heterocycles. The van der Waals surface area contributed by atoms with Gasteiger partial charge < -0.3 is 19.5 Å². The third kappa shape index (κ3) is 4.80. The molecular weight excluding hydrogens is 394 g/mol. The monoisotopic (exact) mass is 423 g/mol. The number of methoxy groups -OCH3 is 1. The third-order valence-electron chi connectivity index (χ3n) is 5.26. The zero-order valence-electron chi connectivity index (χ0n) is 18.4. The summed E-state index contributed by atoms with van der Waals surface area (Å²) in [5.74, 6) is -0.893. The van der Waals surface area contributed by atoms with Gasteiger partial charge in [-0.15, -0.1) is 0 Å². The fraction of sp³-hybridized carbons (Fsp3) is 0.360. The van der Waals surface area contributed by atoms with Gasteiger partial charge in [-0.05, 0) is 43.5 Å². The molecular formula is C25H29NO5. The van der Waals surface area contributed by atoms with Crippen molar-refractivity contribution in [1.82, 2.24) is 4.90 Å². The number of amides is 1. The summed E-state index contributed by atoms with van der Waals surface area (Å²) < 4.78 is 10.9. The molecule has 2 aromatic rings. The average molecular weight is 424 g/mol. The van der Waals surface area contributed by atoms with E-state index in [1.54, 1.807) is 12.1 Å². The Bertz CT molecular complexity index is 978. The fourth-order valence-electron chi connectivity index (χ4n) is 3.73. The van der Waals surface area contributed by atoms with Crippen molar-refractivity contribution >= 4 is 17.4 Å². The van der Waals surface area contributed by atoms with E-state index >= 15 is 0 Å². The Kier molecular flexibility index (Phi) is 7.13. The lowest BCUT2D eigenvalue weighted by atomic mass is 9.94. The largest absolute Gasteiger partial charge is 0.507 e. The molecule has 6 heteroatoms. The minimum Gasteiger partial charge on any atom is -0.507 e. The van der Waals surface area contributed by atoms with Crippen LogP contribution in [0.25, 0.3) is 5.76 Å². The van der Waals surface area contributed by atoms with Crippen LogP contribution in [0, 0.1) is 0 Å². The van der Waals surface area contributed by atoms with Crippen molar-refractivity contribution in [1.29, 1.82) is 0 Å². The van der Waals surface area contributed by atoms with Crippen LogP contribution in [0.5, 0.6) is 5.75 Å². The number of ether oxygens (including phenoxy) is 2. The molecule has 31 heavy (non-hydrogen) atoms. The van der Waals surface area contributed by atoms with Gasteiger partial charge in [0.1, 0.15) is 11.5 Å². The van der Waals surface area contributed by atoms with Gasteiger partial charge >= 0.3 is 0 Å². The number of rotatable bonds is 8. The molecule has 1 aliphatic rings. The maximum absolute atomic E-state index is 13.0. The minimum atomic E-state index is -0.725. The highest BCUT2D eigenvalue weighted by molar-refractivity contribution is 6.46. The van der Waals surface area contributed by atoms with Crippen molar-refractivity contribution in [3.05, 3.63) is 70.8 Å². The molecule has 0 spiro atoms. The molecule has 6 nitrogen and oxygen atoms in total. The summed E-state index contributed by atoms with van der Waals surface area (Å²) in [5.41, 5.74) is 2.39. The Morgan fingerprint density at radius 3 is 2.45 bits per heavy atom. The van der Waals surface area contributed by atoms with Crippen molar-refractivity contribution in [3.63, 3.8) is 0 Å². The second-order valence-electron chi connectivity index (χ2n) is 7.77. The van der Waals surface area contributed by atoms with Crippen molar-refractivity contribution in [3.8, 4) is 5.75 Å². The number of nitrogens with zero attached hydrogens (tertiary/aromatic N) is 1. The van der Waals surface area contributed by atoms with Crippen LogP contribution in [0.4, 0.5) is 0 Å². The van der Waals surface area contributed by atoms with Crippen molar-refractivity contribution < 1.29 is 24.2 Å². The second-order valence-corrected chi connectivity index (χ2v) is 7.77. The van der Waals surface area contributed by atoms with Crippen LogP contribution in [0.3, 0.4) is 0 Å². The van der Waals surface area contributed by atoms with Crippen LogP contribution in [0.15, 0.2) is 54.1 Å². The molecule has 164 valence electrons. The number of hydrogen-bond donors (Lipinski definition) is 1. The Hall–Kier alpha value is -3.12. The molecule has 0 radical (unpaired) electrons. The number of aliphatic hydroxyl groups excluding tert-OH is 1. The maximum atomic E-state index is 13.0. The van der Waals surface area contributed by atoms with Crippen LogP contribution in [-0.2, 0) is 20.7 Å². The summed E-state index contributed by atoms with van der Waals surface area (Å²) in [5, 5.41) is 11.1. The predicted molar refractivity (Wildman–Crippen MR) is 119 cm³/mol. The lowest BCUT2D eigenvalue weighted by molar-refractivity contribution is -0.140. The Morgan fingerprint density at radius 2 is 1.84 bits per heavy atom. The van der Waals surface area contributed by atoms with Crippen LogP contribution in [0.2, 0.25) is 0 Å². The first-order chi connectivity index (χ1) is 14.9. The fourth-order valence-corrected chi connectivity index (χ4v) is 3.73. The first-order valence-corrected chi connectivity index (χ1v) is 10.5. The number of aryl methyl sites for hydroxylation is 1. The SMILES string of the molecule is CCc1ccc(/C(O)=C2/C(=O)C(=O)N(CCOC)C2c2cccc(OC(C)C)c2)cc1. The van der Waals surface area contributed by atoms with Gasteiger partial charge in [0.25, 0.3) is 11.7 Å². The molecule has 3 rings (SSSR count). The van der Waals surface area contributed by atoms with Crippen molar-refractivity contribution in [2.24, 2.45) is 0 Å². The quantitative estimate of drug-likeness (QED) is 0.393. The molecule has 0 saturated carbocycles. The van der Waals surface area contributed by atoms with E-state index in [0.29, 0.717) is 16.9 Å². The number of carbonyl (C=O) groups excluding carboxylic acids is 2. The molecule has 1 atom stereocenters. The molecule has 1 aliphatic heterocycles. The van der Waals surface area contributed by atoms with Crippen LogP contribution < -0.4 is 4.74 Å². The van der Waals surface area contributed by atoms with Crippen molar-refractivity contribution in [2.45, 2.75) is 39.3 Å². The van der Waals surface area contributed by atoms with Gasteiger partial charge in [0, 0.05) is 19.2 Å². The van der Waals surface area contributed by atoms with E-state index in [1.807, 2.05) is 57.2 Å². The van der Waals surface area contributed by atoms with Gasteiger partial charge in [0.15, 0.2) is 0 Å². The summed E-state index contributed by atoms with van der Waals surface area (Å²) in [6.45, 7) is 6.40. The van der Waals surface area contributed by atoms with E-state index < -0.39 is 17.7 Å². The second kappa shape index (κ2) is 9.79. The summed E-state index contributed by atoms with van der Waals surface area (Å²) in [7, 11) is 1.54. The molecule has 1 amide bonds. The van der Waals surface area contributed by atoms with Gasteiger partial charge in [0.2, 0.25) is 0 Å². The number of hydrogen-bond acceptors (Lipinski definition) is 5. The minimum absolute atomic E-state index is 0.0211. The molecule has 0 aromatic heterocycles. The van der Waals surface area contributed by atoms with Gasteiger partial charge in [-0.3, -0.25) is 9.59 Å².